The summed E-state index contributed by atoms with van der Waals surface area (Å²) in [6.45, 7) is 3.13. The Morgan fingerprint density at radius 1 is 1.20 bits per heavy atom. The number of likely N-dealkylation sites (tertiary alicyclic amines) is 2. The summed E-state index contributed by atoms with van der Waals surface area (Å²) in [5.41, 5.74) is 0.0473. The first-order valence-electron chi connectivity index (χ1n) is 10.4. The van der Waals surface area contributed by atoms with Gasteiger partial charge in [0.15, 0.2) is 11.0 Å². The van der Waals surface area contributed by atoms with Crippen molar-refractivity contribution < 1.29 is 19.7 Å². The van der Waals surface area contributed by atoms with Crippen molar-refractivity contribution in [2.45, 2.75) is 44.2 Å². The molecule has 8 heteroatoms. The van der Waals surface area contributed by atoms with Crippen LogP contribution in [0.2, 0.25) is 0 Å². The van der Waals surface area contributed by atoms with Crippen LogP contribution in [0.25, 0.3) is 11.0 Å². The molecule has 4 rings (SSSR count). The summed E-state index contributed by atoms with van der Waals surface area (Å²) in [5, 5.41) is 42.1. The summed E-state index contributed by atoms with van der Waals surface area (Å²) >= 11 is 0. The van der Waals surface area contributed by atoms with E-state index in [9.17, 15) is 25.4 Å². The number of phenolic OH excluding ortho intramolecular Hbond substituents is 2. The van der Waals surface area contributed by atoms with Gasteiger partial charge in [-0.15, -0.1) is 0 Å². The second kappa shape index (κ2) is 8.26. The highest BCUT2D eigenvalue weighted by atomic mass is 16.3. The molecule has 0 spiro atoms. The van der Waals surface area contributed by atoms with Crippen LogP contribution in [0.1, 0.15) is 48.5 Å². The number of aromatic hydroxyl groups is 2. The number of rotatable bonds is 3. The first kappa shape index (κ1) is 20.7. The Morgan fingerprint density at radius 3 is 2.60 bits per heavy atom. The van der Waals surface area contributed by atoms with E-state index in [-0.39, 0.29) is 33.8 Å². The minimum atomic E-state index is -0.777. The molecule has 2 atom stereocenters. The maximum atomic E-state index is 12.8. The molecule has 0 aliphatic carbocycles. The smallest absolute Gasteiger partial charge is 0.207 e. The quantitative estimate of drug-likeness (QED) is 0.697. The first-order valence-corrected chi connectivity index (χ1v) is 10.4. The van der Waals surface area contributed by atoms with Gasteiger partial charge in [-0.25, -0.2) is 0 Å². The Bertz CT molecular complexity index is 1050. The van der Waals surface area contributed by atoms with Crippen LogP contribution in [0.3, 0.4) is 0 Å². The van der Waals surface area contributed by atoms with Gasteiger partial charge in [0.1, 0.15) is 23.0 Å². The highest BCUT2D eigenvalue weighted by molar-refractivity contribution is 5.90. The predicted octanol–water partition coefficient (Wildman–Crippen LogP) is 1.84. The minimum Gasteiger partial charge on any atom is -0.507 e. The average Bonchev–Trinajstić information content (AvgIpc) is 2.72. The van der Waals surface area contributed by atoms with E-state index in [1.54, 1.807) is 0 Å². The first-order chi connectivity index (χ1) is 14.4. The second-order valence-electron chi connectivity index (χ2n) is 8.44. The fourth-order valence-electron chi connectivity index (χ4n) is 4.76. The lowest BCUT2D eigenvalue weighted by atomic mass is 9.84. The van der Waals surface area contributed by atoms with Crippen molar-refractivity contribution >= 4 is 11.0 Å². The molecular formula is C22H27N3O5. The van der Waals surface area contributed by atoms with E-state index in [0.717, 1.165) is 38.4 Å². The van der Waals surface area contributed by atoms with Crippen molar-refractivity contribution in [3.05, 3.63) is 33.2 Å². The molecule has 1 aromatic carbocycles. The highest BCUT2D eigenvalue weighted by Crippen LogP contribution is 2.45. The molecule has 2 fully saturated rings. The third-order valence-electron chi connectivity index (χ3n) is 6.35. The summed E-state index contributed by atoms with van der Waals surface area (Å²) in [7, 11) is 1.91. The van der Waals surface area contributed by atoms with Crippen molar-refractivity contribution in [3.8, 4) is 17.6 Å². The zero-order valence-corrected chi connectivity index (χ0v) is 17.1. The molecule has 3 heterocycles. The topological polar surface area (TPSA) is 121 Å². The molecule has 2 aliphatic heterocycles. The van der Waals surface area contributed by atoms with Crippen LogP contribution in [-0.2, 0) is 6.54 Å². The summed E-state index contributed by atoms with van der Waals surface area (Å²) in [5.74, 6) is -1.13. The number of phenols is 2. The van der Waals surface area contributed by atoms with E-state index in [1.165, 1.54) is 0 Å². The van der Waals surface area contributed by atoms with Crippen LogP contribution in [0, 0.1) is 11.3 Å². The van der Waals surface area contributed by atoms with Crippen LogP contribution < -0.4 is 5.43 Å². The van der Waals surface area contributed by atoms with E-state index in [1.807, 2.05) is 18.0 Å². The molecule has 1 aromatic heterocycles. The average molecular weight is 413 g/mol. The number of benzene rings is 1. The summed E-state index contributed by atoms with van der Waals surface area (Å²) in [6.07, 6.45) is 3.02. The Balaban J connectivity index is 1.93. The summed E-state index contributed by atoms with van der Waals surface area (Å²) in [4.78, 5) is 16.9. The maximum Gasteiger partial charge on any atom is 0.207 e. The number of aliphatic hydroxyl groups excluding tert-OH is 1. The maximum absolute atomic E-state index is 12.8. The lowest BCUT2D eigenvalue weighted by Gasteiger charge is -2.35. The van der Waals surface area contributed by atoms with Crippen molar-refractivity contribution in [1.82, 2.24) is 9.80 Å². The number of aliphatic hydroxyl groups is 1. The van der Waals surface area contributed by atoms with Crippen molar-refractivity contribution in [1.29, 1.82) is 5.26 Å². The number of β-amino-alcohol motifs (C(OH)–C–C–N with tert-alkyl or cyclic N) is 1. The number of hydrogen-bond acceptors (Lipinski definition) is 8. The lowest BCUT2D eigenvalue weighted by Crippen LogP contribution is -2.40. The van der Waals surface area contributed by atoms with Crippen molar-refractivity contribution in [2.75, 3.05) is 33.2 Å². The number of hydrogen-bond donors (Lipinski definition) is 3. The monoisotopic (exact) mass is 413 g/mol. The molecule has 30 heavy (non-hydrogen) atoms. The van der Waals surface area contributed by atoms with Gasteiger partial charge in [0.2, 0.25) is 5.76 Å². The van der Waals surface area contributed by atoms with Gasteiger partial charge >= 0.3 is 0 Å². The highest BCUT2D eigenvalue weighted by Gasteiger charge is 2.35. The molecule has 3 N–H and O–H groups in total. The fraction of sp³-hybridized carbons (Fsp3) is 0.545. The normalized spacial score (nSPS) is 23.5. The molecule has 2 unspecified atom stereocenters. The minimum absolute atomic E-state index is 0.00922. The summed E-state index contributed by atoms with van der Waals surface area (Å²) in [6, 6.07) is 2.87. The van der Waals surface area contributed by atoms with Gasteiger partial charge in [0.25, 0.3) is 0 Å². The molecule has 160 valence electrons. The van der Waals surface area contributed by atoms with Crippen molar-refractivity contribution in [2.24, 2.45) is 0 Å². The van der Waals surface area contributed by atoms with E-state index < -0.39 is 17.5 Å². The summed E-state index contributed by atoms with van der Waals surface area (Å²) < 4.78 is 5.64. The number of nitrogens with zero attached hydrogens (tertiary/aromatic N) is 3. The predicted molar refractivity (Wildman–Crippen MR) is 111 cm³/mol. The van der Waals surface area contributed by atoms with E-state index in [2.05, 4.69) is 4.90 Å². The Kier molecular flexibility index (Phi) is 5.69. The number of fused-ring (bicyclic) bond motifs is 1. The molecule has 2 saturated heterocycles. The molecule has 0 amide bonds. The van der Waals surface area contributed by atoms with Gasteiger partial charge in [-0.2, -0.15) is 5.26 Å². The van der Waals surface area contributed by atoms with E-state index in [4.69, 9.17) is 4.42 Å². The number of likely N-dealkylation sites (N-methyl/N-ethyl adjacent to an activating group) is 1. The van der Waals surface area contributed by atoms with E-state index in [0.29, 0.717) is 31.6 Å². The third-order valence-corrected chi connectivity index (χ3v) is 6.35. The van der Waals surface area contributed by atoms with Crippen LogP contribution >= 0.6 is 0 Å². The number of nitriles is 1. The van der Waals surface area contributed by atoms with Gasteiger partial charge in [-0.05, 0) is 45.9 Å². The van der Waals surface area contributed by atoms with Crippen molar-refractivity contribution in [3.63, 3.8) is 0 Å². The van der Waals surface area contributed by atoms with Crippen LogP contribution in [0.5, 0.6) is 11.5 Å². The molecular weight excluding hydrogens is 386 g/mol. The zero-order valence-electron chi connectivity index (χ0n) is 17.1. The zero-order chi connectivity index (χ0) is 21.4. The van der Waals surface area contributed by atoms with Crippen LogP contribution in [0.4, 0.5) is 0 Å². The SMILES string of the molecule is CN1CCC(c2c(O)c(CN3CCCCC3)c(O)c3c(=O)cc(C#N)oc23)C(O)C1. The van der Waals surface area contributed by atoms with Gasteiger partial charge in [0.05, 0.1) is 11.7 Å². The Hall–Kier alpha value is -2.60. The van der Waals surface area contributed by atoms with Gasteiger partial charge in [-0.1, -0.05) is 6.42 Å². The molecule has 8 nitrogen and oxygen atoms in total. The third kappa shape index (κ3) is 3.65. The van der Waals surface area contributed by atoms with Crippen LogP contribution in [-0.4, -0.2) is 64.5 Å². The van der Waals surface area contributed by atoms with Gasteiger partial charge < -0.3 is 24.6 Å². The molecule has 0 bridgehead atoms. The Morgan fingerprint density at radius 2 is 1.93 bits per heavy atom. The lowest BCUT2D eigenvalue weighted by molar-refractivity contribution is 0.0629. The molecule has 2 aromatic rings. The Labute approximate surface area is 174 Å². The molecule has 0 radical (unpaired) electrons. The standard InChI is InChI=1S/C22H27N3O5/c1-24-8-5-14(17(27)12-24)18-20(28)15(11-25-6-3-2-4-7-25)21(29)19-16(26)9-13(10-23)30-22(18)19/h9,14,17,27-29H,2-8,11-12H2,1H3. The van der Waals surface area contributed by atoms with Gasteiger partial charge in [0, 0.05) is 30.6 Å². The second-order valence-corrected chi connectivity index (χ2v) is 8.44. The largest absolute Gasteiger partial charge is 0.507 e. The van der Waals surface area contributed by atoms with E-state index >= 15 is 0 Å². The van der Waals surface area contributed by atoms with Gasteiger partial charge in [-0.3, -0.25) is 9.69 Å². The number of piperidine rings is 2. The van der Waals surface area contributed by atoms with Crippen LogP contribution in [0.15, 0.2) is 15.3 Å². The fourth-order valence-corrected chi connectivity index (χ4v) is 4.76. The molecule has 2 aliphatic rings. The molecule has 0 saturated carbocycles.